The van der Waals surface area contributed by atoms with Gasteiger partial charge in [-0.2, -0.15) is 0 Å². The third-order valence-electron chi connectivity index (χ3n) is 3.65. The minimum atomic E-state index is 0.438. The number of nitrogens with zero attached hydrogens (tertiary/aromatic N) is 3. The van der Waals surface area contributed by atoms with Crippen LogP contribution in [0.2, 0.25) is 0 Å². The molecule has 0 amide bonds. The maximum atomic E-state index is 5.94. The Morgan fingerprint density at radius 2 is 2.06 bits per heavy atom. The summed E-state index contributed by atoms with van der Waals surface area (Å²) < 4.78 is 0. The van der Waals surface area contributed by atoms with Gasteiger partial charge in [0.05, 0.1) is 0 Å². The first-order chi connectivity index (χ1) is 8.72. The molecule has 4 heteroatoms. The summed E-state index contributed by atoms with van der Waals surface area (Å²) in [6.45, 7) is 5.20. The zero-order valence-corrected chi connectivity index (χ0v) is 12.0. The van der Waals surface area contributed by atoms with E-state index in [9.17, 15) is 0 Å². The lowest BCUT2D eigenvalue weighted by Crippen LogP contribution is -2.35. The Morgan fingerprint density at radius 3 is 2.67 bits per heavy atom. The van der Waals surface area contributed by atoms with Crippen LogP contribution in [-0.4, -0.2) is 28.4 Å². The van der Waals surface area contributed by atoms with Crippen molar-refractivity contribution in [2.75, 3.05) is 17.3 Å². The molecule has 1 aliphatic carbocycles. The van der Waals surface area contributed by atoms with E-state index >= 15 is 0 Å². The van der Waals surface area contributed by atoms with E-state index in [0.29, 0.717) is 17.8 Å². The summed E-state index contributed by atoms with van der Waals surface area (Å²) in [5.74, 6) is 2.13. The molecule has 1 heterocycles. The monoisotopic (exact) mass is 267 g/mol. The third-order valence-corrected chi connectivity index (χ3v) is 3.82. The second-order valence-corrected chi connectivity index (χ2v) is 5.65. The molecule has 18 heavy (non-hydrogen) atoms. The van der Waals surface area contributed by atoms with Crippen LogP contribution in [0, 0.1) is 0 Å². The van der Waals surface area contributed by atoms with Crippen LogP contribution >= 0.6 is 11.6 Å². The van der Waals surface area contributed by atoms with Gasteiger partial charge in [-0.3, -0.25) is 0 Å². The van der Waals surface area contributed by atoms with Gasteiger partial charge in [0.25, 0.3) is 0 Å². The average Bonchev–Trinajstić information content (AvgIpc) is 2.89. The van der Waals surface area contributed by atoms with E-state index in [1.807, 2.05) is 0 Å². The van der Waals surface area contributed by atoms with Gasteiger partial charge in [0.1, 0.15) is 12.1 Å². The number of rotatable bonds is 5. The van der Waals surface area contributed by atoms with Gasteiger partial charge >= 0.3 is 0 Å². The second-order valence-electron chi connectivity index (χ2n) is 5.28. The minimum Gasteiger partial charge on any atom is -0.352 e. The maximum Gasteiger partial charge on any atom is 0.132 e. The molecule has 100 valence electrons. The smallest absolute Gasteiger partial charge is 0.132 e. The van der Waals surface area contributed by atoms with Crippen LogP contribution in [0.1, 0.15) is 51.1 Å². The fourth-order valence-electron chi connectivity index (χ4n) is 2.63. The van der Waals surface area contributed by atoms with E-state index in [1.54, 1.807) is 6.33 Å². The molecule has 0 bridgehead atoms. The van der Waals surface area contributed by atoms with Crippen LogP contribution < -0.4 is 4.90 Å². The second kappa shape index (κ2) is 6.37. The molecular weight excluding hydrogens is 246 g/mol. The Labute approximate surface area is 115 Å². The Hall–Kier alpha value is -0.830. The van der Waals surface area contributed by atoms with E-state index in [-0.39, 0.29) is 0 Å². The quantitative estimate of drug-likeness (QED) is 0.764. The van der Waals surface area contributed by atoms with Gasteiger partial charge in [-0.05, 0) is 18.8 Å². The summed E-state index contributed by atoms with van der Waals surface area (Å²) in [4.78, 5) is 11.1. The molecule has 0 N–H and O–H groups in total. The van der Waals surface area contributed by atoms with Crippen molar-refractivity contribution in [2.45, 2.75) is 51.5 Å². The number of hydrogen-bond donors (Lipinski definition) is 0. The fraction of sp³-hybridized carbons (Fsp3) is 0.714. The van der Waals surface area contributed by atoms with Gasteiger partial charge in [0, 0.05) is 30.2 Å². The molecule has 0 unspecified atom stereocenters. The van der Waals surface area contributed by atoms with Crippen molar-refractivity contribution in [3.8, 4) is 0 Å². The first-order valence-corrected chi connectivity index (χ1v) is 7.40. The van der Waals surface area contributed by atoms with Crippen molar-refractivity contribution in [3.05, 3.63) is 18.1 Å². The van der Waals surface area contributed by atoms with Crippen molar-refractivity contribution in [1.82, 2.24) is 9.97 Å². The summed E-state index contributed by atoms with van der Waals surface area (Å²) >= 11 is 5.94. The van der Waals surface area contributed by atoms with E-state index in [0.717, 1.165) is 18.1 Å². The van der Waals surface area contributed by atoms with Crippen molar-refractivity contribution < 1.29 is 0 Å². The predicted molar refractivity (Wildman–Crippen MR) is 76.4 cm³/mol. The van der Waals surface area contributed by atoms with Crippen LogP contribution in [0.15, 0.2) is 12.4 Å². The molecule has 0 spiro atoms. The zero-order valence-electron chi connectivity index (χ0n) is 11.3. The molecule has 1 fully saturated rings. The number of hydrogen-bond acceptors (Lipinski definition) is 3. The molecule has 0 saturated heterocycles. The summed E-state index contributed by atoms with van der Waals surface area (Å²) in [5.41, 5.74) is 1.11. The van der Waals surface area contributed by atoms with Crippen molar-refractivity contribution in [3.63, 3.8) is 0 Å². The highest BCUT2D eigenvalue weighted by Crippen LogP contribution is 2.28. The molecule has 3 nitrogen and oxygen atoms in total. The Kier molecular flexibility index (Phi) is 4.81. The van der Waals surface area contributed by atoms with Gasteiger partial charge in [0.15, 0.2) is 0 Å². The lowest BCUT2D eigenvalue weighted by molar-refractivity contribution is 0.612. The molecule has 2 rings (SSSR count). The fourth-order valence-corrected chi connectivity index (χ4v) is 2.81. The van der Waals surface area contributed by atoms with Gasteiger partial charge in [0.2, 0.25) is 0 Å². The maximum absolute atomic E-state index is 5.94. The van der Waals surface area contributed by atoms with Crippen LogP contribution in [-0.2, 0) is 0 Å². The highest BCUT2D eigenvalue weighted by molar-refractivity contribution is 6.18. The zero-order chi connectivity index (χ0) is 13.0. The number of alkyl halides is 1. The summed E-state index contributed by atoms with van der Waals surface area (Å²) in [5, 5.41) is 0. The number of aromatic nitrogens is 2. The Morgan fingerprint density at radius 1 is 1.33 bits per heavy atom. The van der Waals surface area contributed by atoms with E-state index in [4.69, 9.17) is 11.6 Å². The molecule has 0 aliphatic heterocycles. The van der Waals surface area contributed by atoms with Gasteiger partial charge in [-0.15, -0.1) is 11.6 Å². The predicted octanol–water partition coefficient (Wildman–Crippen LogP) is 3.59. The number of anilines is 1. The molecule has 0 aromatic carbocycles. The van der Waals surface area contributed by atoms with Gasteiger partial charge in [-0.25, -0.2) is 9.97 Å². The Bertz CT molecular complexity index is 375. The third kappa shape index (κ3) is 3.14. The average molecular weight is 268 g/mol. The Balaban J connectivity index is 2.21. The highest BCUT2D eigenvalue weighted by atomic mass is 35.5. The molecule has 1 aliphatic rings. The molecule has 1 aromatic rings. The van der Waals surface area contributed by atoms with Crippen LogP contribution in [0.5, 0.6) is 0 Å². The summed E-state index contributed by atoms with van der Waals surface area (Å²) in [7, 11) is 0. The van der Waals surface area contributed by atoms with Crippen LogP contribution in [0.25, 0.3) is 0 Å². The molecule has 0 atom stereocenters. The summed E-state index contributed by atoms with van der Waals surface area (Å²) in [6, 6.07) is 2.73. The minimum absolute atomic E-state index is 0.438. The van der Waals surface area contributed by atoms with E-state index < -0.39 is 0 Å². The number of halogens is 1. The topological polar surface area (TPSA) is 29.0 Å². The largest absolute Gasteiger partial charge is 0.352 e. The van der Waals surface area contributed by atoms with Crippen molar-refractivity contribution in [1.29, 1.82) is 0 Å². The van der Waals surface area contributed by atoms with Crippen LogP contribution in [0.3, 0.4) is 0 Å². The van der Waals surface area contributed by atoms with Crippen LogP contribution in [0.4, 0.5) is 5.82 Å². The molecule has 1 aromatic heterocycles. The van der Waals surface area contributed by atoms with Gasteiger partial charge < -0.3 is 4.90 Å². The lowest BCUT2D eigenvalue weighted by atomic mass is 10.1. The first kappa shape index (κ1) is 13.6. The summed E-state index contributed by atoms with van der Waals surface area (Å²) in [6.07, 6.45) is 6.85. The highest BCUT2D eigenvalue weighted by Gasteiger charge is 2.23. The van der Waals surface area contributed by atoms with E-state index in [1.165, 1.54) is 25.7 Å². The molecule has 1 saturated carbocycles. The molecular formula is C14H22ClN3. The SMILES string of the molecule is CC(C)c1cc(N(CCCl)C2CCCC2)ncn1. The lowest BCUT2D eigenvalue weighted by Gasteiger charge is -2.29. The standard InChI is InChI=1S/C14H22ClN3/c1-11(2)13-9-14(17-10-16-13)18(8-7-15)12-5-3-4-6-12/h9-12H,3-8H2,1-2H3. The van der Waals surface area contributed by atoms with Crippen molar-refractivity contribution in [2.24, 2.45) is 0 Å². The van der Waals surface area contributed by atoms with Gasteiger partial charge in [-0.1, -0.05) is 26.7 Å². The molecule has 0 radical (unpaired) electrons. The van der Waals surface area contributed by atoms with Crippen molar-refractivity contribution >= 4 is 17.4 Å². The van der Waals surface area contributed by atoms with E-state index in [2.05, 4.69) is 34.8 Å². The normalized spacial score (nSPS) is 16.4. The first-order valence-electron chi connectivity index (χ1n) is 6.87.